The average molecular weight is 390 g/mol. The molecule has 1 N–H and O–H groups in total. The summed E-state index contributed by atoms with van der Waals surface area (Å²) in [6, 6.07) is 8.24. The molecular formula is C16H16BrN5S. The summed E-state index contributed by atoms with van der Waals surface area (Å²) in [4.78, 5) is 13.4. The van der Waals surface area contributed by atoms with Crippen LogP contribution < -0.4 is 5.32 Å². The van der Waals surface area contributed by atoms with Crippen LogP contribution in [0.15, 0.2) is 41.4 Å². The van der Waals surface area contributed by atoms with E-state index in [0.29, 0.717) is 11.9 Å². The van der Waals surface area contributed by atoms with Crippen molar-refractivity contribution in [2.45, 2.75) is 24.8 Å². The van der Waals surface area contributed by atoms with E-state index in [1.807, 2.05) is 30.2 Å². The highest BCUT2D eigenvalue weighted by atomic mass is 79.9. The molecule has 0 radical (unpaired) electrons. The Balaban J connectivity index is 1.60. The standard InChI is InChI=1S/C16H16BrN5S/c17-12-4-1-3-11(7-12)8-18-15-14-16(20-9-19-15)22(10-21-14)13-5-2-6-23-13/h1,3-4,7,9-10,13H,2,5-6,8H2,(H,18,19,20). The number of anilines is 1. The largest absolute Gasteiger partial charge is 0.364 e. The normalized spacial score (nSPS) is 17.7. The predicted molar refractivity (Wildman–Crippen MR) is 97.5 cm³/mol. The van der Waals surface area contributed by atoms with Crippen LogP contribution in [-0.2, 0) is 6.54 Å². The van der Waals surface area contributed by atoms with Gasteiger partial charge >= 0.3 is 0 Å². The highest BCUT2D eigenvalue weighted by molar-refractivity contribution is 9.10. The Morgan fingerprint density at radius 2 is 2.26 bits per heavy atom. The Kier molecular flexibility index (Phi) is 4.22. The molecule has 118 valence electrons. The van der Waals surface area contributed by atoms with Crippen molar-refractivity contribution < 1.29 is 0 Å². The summed E-state index contributed by atoms with van der Waals surface area (Å²) in [5, 5.41) is 3.83. The van der Waals surface area contributed by atoms with E-state index in [1.165, 1.54) is 24.2 Å². The van der Waals surface area contributed by atoms with Gasteiger partial charge in [-0.1, -0.05) is 28.1 Å². The molecule has 3 aromatic rings. The van der Waals surface area contributed by atoms with Crippen molar-refractivity contribution in [2.24, 2.45) is 0 Å². The van der Waals surface area contributed by atoms with Gasteiger partial charge in [-0.3, -0.25) is 0 Å². The number of thioether (sulfide) groups is 1. The second-order valence-corrected chi connectivity index (χ2v) is 7.70. The number of fused-ring (bicyclic) bond motifs is 1. The van der Waals surface area contributed by atoms with Crippen molar-refractivity contribution in [3.8, 4) is 0 Å². The van der Waals surface area contributed by atoms with Crippen molar-refractivity contribution >= 4 is 44.7 Å². The average Bonchev–Trinajstić information content (AvgIpc) is 3.22. The minimum Gasteiger partial charge on any atom is -0.364 e. The van der Waals surface area contributed by atoms with Crippen LogP contribution in [0.2, 0.25) is 0 Å². The molecule has 0 amide bonds. The quantitative estimate of drug-likeness (QED) is 0.723. The van der Waals surface area contributed by atoms with E-state index in [-0.39, 0.29) is 0 Å². The van der Waals surface area contributed by atoms with Gasteiger partial charge in [-0.25, -0.2) is 15.0 Å². The molecule has 0 spiro atoms. The third-order valence-corrected chi connectivity index (χ3v) is 5.79. The van der Waals surface area contributed by atoms with Crippen LogP contribution in [0.3, 0.4) is 0 Å². The Hall–Kier alpha value is -1.60. The lowest BCUT2D eigenvalue weighted by Gasteiger charge is -2.11. The Morgan fingerprint density at radius 1 is 1.30 bits per heavy atom. The van der Waals surface area contributed by atoms with E-state index in [0.717, 1.165) is 21.5 Å². The molecule has 4 rings (SSSR count). The van der Waals surface area contributed by atoms with Gasteiger partial charge in [0.15, 0.2) is 11.5 Å². The van der Waals surface area contributed by atoms with Crippen molar-refractivity contribution in [3.63, 3.8) is 0 Å². The lowest BCUT2D eigenvalue weighted by molar-refractivity contribution is 0.654. The van der Waals surface area contributed by atoms with E-state index in [1.54, 1.807) is 6.33 Å². The van der Waals surface area contributed by atoms with Gasteiger partial charge in [-0.2, -0.15) is 0 Å². The number of hydrogen-bond donors (Lipinski definition) is 1. The van der Waals surface area contributed by atoms with Gasteiger partial charge in [0.2, 0.25) is 0 Å². The van der Waals surface area contributed by atoms with E-state index in [2.05, 4.69) is 52.9 Å². The van der Waals surface area contributed by atoms with Crippen molar-refractivity contribution in [2.75, 3.05) is 11.1 Å². The maximum absolute atomic E-state index is 4.55. The van der Waals surface area contributed by atoms with Crippen LogP contribution in [0, 0.1) is 0 Å². The molecule has 1 fully saturated rings. The van der Waals surface area contributed by atoms with Gasteiger partial charge in [-0.15, -0.1) is 11.8 Å². The Labute approximate surface area is 147 Å². The fourth-order valence-corrected chi connectivity index (χ4v) is 4.51. The Morgan fingerprint density at radius 3 is 3.09 bits per heavy atom. The molecule has 2 aromatic heterocycles. The molecule has 0 bridgehead atoms. The molecule has 5 nitrogen and oxygen atoms in total. The molecule has 1 aliphatic rings. The summed E-state index contributed by atoms with van der Waals surface area (Å²) in [5.74, 6) is 2.00. The number of benzene rings is 1. The molecule has 3 heterocycles. The van der Waals surface area contributed by atoms with Gasteiger partial charge < -0.3 is 9.88 Å². The third-order valence-electron chi connectivity index (χ3n) is 3.92. The number of imidazole rings is 1. The first-order valence-corrected chi connectivity index (χ1v) is 9.43. The maximum Gasteiger partial charge on any atom is 0.166 e. The molecule has 1 saturated heterocycles. The summed E-state index contributed by atoms with van der Waals surface area (Å²) in [6.07, 6.45) is 5.95. The van der Waals surface area contributed by atoms with E-state index in [4.69, 9.17) is 0 Å². The van der Waals surface area contributed by atoms with Gasteiger partial charge in [0.05, 0.1) is 11.7 Å². The SMILES string of the molecule is Brc1cccc(CNc2ncnc3c2ncn3C2CCCS2)c1. The number of aromatic nitrogens is 4. The predicted octanol–water partition coefficient (Wildman–Crippen LogP) is 4.23. The first-order valence-electron chi connectivity index (χ1n) is 7.59. The molecule has 1 aromatic carbocycles. The number of nitrogens with zero attached hydrogens (tertiary/aromatic N) is 4. The highest BCUT2D eigenvalue weighted by Crippen LogP contribution is 2.37. The zero-order valence-electron chi connectivity index (χ0n) is 12.4. The van der Waals surface area contributed by atoms with Crippen LogP contribution in [0.25, 0.3) is 11.2 Å². The number of rotatable bonds is 4. The second kappa shape index (κ2) is 6.49. The molecule has 7 heteroatoms. The number of halogens is 1. The van der Waals surface area contributed by atoms with Crippen molar-refractivity contribution in [3.05, 3.63) is 47.0 Å². The zero-order valence-corrected chi connectivity index (χ0v) is 14.8. The second-order valence-electron chi connectivity index (χ2n) is 5.50. The van der Waals surface area contributed by atoms with Crippen LogP contribution in [0.4, 0.5) is 5.82 Å². The minimum absolute atomic E-state index is 0.452. The molecule has 0 saturated carbocycles. The Bertz CT molecular complexity index is 828. The summed E-state index contributed by atoms with van der Waals surface area (Å²) in [7, 11) is 0. The van der Waals surface area contributed by atoms with Crippen LogP contribution in [0.1, 0.15) is 23.8 Å². The minimum atomic E-state index is 0.452. The van der Waals surface area contributed by atoms with Crippen molar-refractivity contribution in [1.82, 2.24) is 19.5 Å². The van der Waals surface area contributed by atoms with E-state index in [9.17, 15) is 0 Å². The van der Waals surface area contributed by atoms with Gasteiger partial charge in [-0.05, 0) is 36.3 Å². The molecular weight excluding hydrogens is 374 g/mol. The lowest BCUT2D eigenvalue weighted by Crippen LogP contribution is -2.04. The molecule has 1 atom stereocenters. The highest BCUT2D eigenvalue weighted by Gasteiger charge is 2.21. The zero-order chi connectivity index (χ0) is 15.6. The van der Waals surface area contributed by atoms with E-state index < -0.39 is 0 Å². The molecule has 1 unspecified atom stereocenters. The summed E-state index contributed by atoms with van der Waals surface area (Å²) in [5.41, 5.74) is 2.95. The summed E-state index contributed by atoms with van der Waals surface area (Å²) < 4.78 is 3.26. The van der Waals surface area contributed by atoms with Crippen LogP contribution >= 0.6 is 27.7 Å². The van der Waals surface area contributed by atoms with Gasteiger partial charge in [0.25, 0.3) is 0 Å². The number of hydrogen-bond acceptors (Lipinski definition) is 5. The van der Waals surface area contributed by atoms with Gasteiger partial charge in [0.1, 0.15) is 11.8 Å². The first kappa shape index (κ1) is 15.0. The number of nitrogens with one attached hydrogen (secondary N) is 1. The summed E-state index contributed by atoms with van der Waals surface area (Å²) >= 11 is 5.47. The maximum atomic E-state index is 4.55. The smallest absolute Gasteiger partial charge is 0.166 e. The first-order chi connectivity index (χ1) is 11.3. The fourth-order valence-electron chi connectivity index (χ4n) is 2.80. The topological polar surface area (TPSA) is 55.6 Å². The molecule has 1 aliphatic heterocycles. The van der Waals surface area contributed by atoms with Crippen molar-refractivity contribution in [1.29, 1.82) is 0 Å². The van der Waals surface area contributed by atoms with Crippen LogP contribution in [-0.4, -0.2) is 25.3 Å². The lowest BCUT2D eigenvalue weighted by atomic mass is 10.2. The third kappa shape index (κ3) is 3.07. The van der Waals surface area contributed by atoms with Crippen LogP contribution in [0.5, 0.6) is 0 Å². The van der Waals surface area contributed by atoms with Gasteiger partial charge in [0, 0.05) is 11.0 Å². The fraction of sp³-hybridized carbons (Fsp3) is 0.312. The summed E-state index contributed by atoms with van der Waals surface area (Å²) in [6.45, 7) is 0.705. The van der Waals surface area contributed by atoms with E-state index >= 15 is 0 Å². The monoisotopic (exact) mass is 389 g/mol. The molecule has 0 aliphatic carbocycles. The molecule has 23 heavy (non-hydrogen) atoms.